The van der Waals surface area contributed by atoms with Crippen LogP contribution in [0.3, 0.4) is 0 Å². The van der Waals surface area contributed by atoms with Crippen molar-refractivity contribution >= 4 is 37.3 Å². The number of rotatable bonds is 10. The molecule has 1 spiro atoms. The molecule has 12 nitrogen and oxygen atoms in total. The van der Waals surface area contributed by atoms with Gasteiger partial charge in [0, 0.05) is 73.6 Å². The summed E-state index contributed by atoms with van der Waals surface area (Å²) in [5.41, 5.74) is 0.771. The number of amides is 2. The highest BCUT2D eigenvalue weighted by atomic mass is 28.4. The standard InChI is InChI=1S/C31H37FN6O6Si/c1-20-29(45(2,3)32)27(12-15-35-19-22(13-16-39)33-34-35)44-31(20)25-17-24(38(42)43)10-11-26(25)37(30(31)41)18-21-6-8-23(9-7-21)36-14-4-5-28(36)40/h6-11,17,19-20,27,29,39H,4-5,12-16,18H2,1-3H3/t20-,27+,29-,31+/m0/s1. The molecule has 0 saturated carbocycles. The van der Waals surface area contributed by atoms with Crippen LogP contribution in [0.15, 0.2) is 48.7 Å². The van der Waals surface area contributed by atoms with Crippen LogP contribution in [0.1, 0.15) is 43.0 Å². The SMILES string of the molecule is C[C@H]1[C@H]([Si](C)(C)F)[C@@H](CCn2cc(CCO)nn2)O[C@]12C(=O)N(Cc1ccc(N3CCCC3=O)cc1)c1ccc([N+](=O)[O-])cc12. The van der Waals surface area contributed by atoms with Gasteiger partial charge in [-0.3, -0.25) is 24.4 Å². The van der Waals surface area contributed by atoms with Crippen LogP contribution in [-0.4, -0.2) is 64.5 Å². The summed E-state index contributed by atoms with van der Waals surface area (Å²) < 4.78 is 24.5. The highest BCUT2D eigenvalue weighted by Gasteiger charge is 2.66. The van der Waals surface area contributed by atoms with E-state index >= 15 is 4.11 Å². The van der Waals surface area contributed by atoms with Gasteiger partial charge >= 0.3 is 0 Å². The molecule has 1 aromatic heterocycles. The number of non-ortho nitro benzene ring substituents is 1. The fourth-order valence-electron chi connectivity index (χ4n) is 7.40. The molecule has 4 heterocycles. The lowest BCUT2D eigenvalue weighted by Gasteiger charge is -2.31. The van der Waals surface area contributed by atoms with Crippen molar-refractivity contribution in [2.75, 3.05) is 23.0 Å². The molecule has 6 rings (SSSR count). The van der Waals surface area contributed by atoms with Crippen molar-refractivity contribution in [1.82, 2.24) is 15.0 Å². The second-order valence-electron chi connectivity index (χ2n) is 12.7. The van der Waals surface area contributed by atoms with E-state index in [1.54, 1.807) is 39.8 Å². The number of anilines is 2. The van der Waals surface area contributed by atoms with Crippen molar-refractivity contribution in [2.24, 2.45) is 5.92 Å². The Morgan fingerprint density at radius 1 is 1.20 bits per heavy atom. The van der Waals surface area contributed by atoms with E-state index in [0.717, 1.165) is 17.7 Å². The van der Waals surface area contributed by atoms with E-state index in [0.29, 0.717) is 49.3 Å². The van der Waals surface area contributed by atoms with Gasteiger partial charge in [-0.2, -0.15) is 0 Å². The van der Waals surface area contributed by atoms with Crippen molar-refractivity contribution in [2.45, 2.75) is 76.0 Å². The lowest BCUT2D eigenvalue weighted by Crippen LogP contribution is -2.45. The first-order chi connectivity index (χ1) is 21.4. The normalized spacial score (nSPS) is 24.7. The number of carbonyl (C=O) groups excluding carboxylic acids is 2. The van der Waals surface area contributed by atoms with Crippen LogP contribution in [0, 0.1) is 16.0 Å². The van der Waals surface area contributed by atoms with E-state index in [9.17, 15) is 24.8 Å². The van der Waals surface area contributed by atoms with Crippen LogP contribution in [0.25, 0.3) is 0 Å². The summed E-state index contributed by atoms with van der Waals surface area (Å²) in [7, 11) is -3.44. The van der Waals surface area contributed by atoms with Gasteiger partial charge in [0.05, 0.1) is 29.0 Å². The molecular formula is C31H37FN6O6Si. The molecule has 2 amide bonds. The van der Waals surface area contributed by atoms with Crippen LogP contribution in [0.5, 0.6) is 0 Å². The van der Waals surface area contributed by atoms with Crippen LogP contribution in [0.2, 0.25) is 18.6 Å². The topological polar surface area (TPSA) is 144 Å². The van der Waals surface area contributed by atoms with Crippen molar-refractivity contribution in [3.8, 4) is 0 Å². The third kappa shape index (κ3) is 5.44. The predicted octanol–water partition coefficient (Wildman–Crippen LogP) is 4.26. The number of carbonyl (C=O) groups is 2. The average Bonchev–Trinajstić information content (AvgIpc) is 3.75. The predicted molar refractivity (Wildman–Crippen MR) is 166 cm³/mol. The molecule has 1 N–H and O–H groups in total. The smallest absolute Gasteiger partial charge is 0.269 e. The number of hydrogen-bond acceptors (Lipinski definition) is 8. The average molecular weight is 637 g/mol. The van der Waals surface area contributed by atoms with Crippen LogP contribution < -0.4 is 9.80 Å². The number of ether oxygens (including phenoxy) is 1. The molecule has 2 fully saturated rings. The second-order valence-corrected chi connectivity index (χ2v) is 16.5. The number of fused-ring (bicyclic) bond motifs is 2. The number of aliphatic hydroxyl groups is 1. The van der Waals surface area contributed by atoms with Gasteiger partial charge in [-0.1, -0.05) is 24.3 Å². The molecule has 238 valence electrons. The summed E-state index contributed by atoms with van der Waals surface area (Å²) in [5, 5.41) is 29.2. The Morgan fingerprint density at radius 2 is 1.96 bits per heavy atom. The molecular weight excluding hydrogens is 599 g/mol. The quantitative estimate of drug-likeness (QED) is 0.151. The fourth-order valence-corrected chi connectivity index (χ4v) is 9.94. The Hall–Kier alpha value is -4.01. The van der Waals surface area contributed by atoms with Crippen LogP contribution in [0.4, 0.5) is 21.2 Å². The Bertz CT molecular complexity index is 1630. The molecule has 3 aliphatic heterocycles. The third-order valence-corrected chi connectivity index (χ3v) is 11.9. The first kappa shape index (κ1) is 31.0. The summed E-state index contributed by atoms with van der Waals surface area (Å²) in [6, 6.07) is 11.8. The van der Waals surface area contributed by atoms with Gasteiger partial charge in [0.15, 0.2) is 5.60 Å². The molecule has 0 aliphatic carbocycles. The first-order valence-corrected chi connectivity index (χ1v) is 18.3. The Balaban J connectivity index is 1.34. The Kier molecular flexibility index (Phi) is 8.08. The second kappa shape index (κ2) is 11.7. The van der Waals surface area contributed by atoms with E-state index in [1.807, 2.05) is 31.2 Å². The molecule has 45 heavy (non-hydrogen) atoms. The van der Waals surface area contributed by atoms with Crippen molar-refractivity contribution in [3.63, 3.8) is 0 Å². The van der Waals surface area contributed by atoms with Gasteiger partial charge in [-0.05, 0) is 49.7 Å². The van der Waals surface area contributed by atoms with E-state index in [2.05, 4.69) is 10.3 Å². The minimum absolute atomic E-state index is 0.0550. The number of hydrogen-bond donors (Lipinski definition) is 1. The number of benzene rings is 2. The van der Waals surface area contributed by atoms with Crippen molar-refractivity contribution in [3.05, 3.63) is 75.6 Å². The monoisotopic (exact) mass is 636 g/mol. The first-order valence-electron chi connectivity index (χ1n) is 15.3. The van der Waals surface area contributed by atoms with Crippen LogP contribution >= 0.6 is 0 Å². The maximum absolute atomic E-state index is 16.1. The van der Waals surface area contributed by atoms with Gasteiger partial charge in [0.25, 0.3) is 11.6 Å². The van der Waals surface area contributed by atoms with Gasteiger partial charge in [0.1, 0.15) is 0 Å². The zero-order valence-electron chi connectivity index (χ0n) is 25.6. The number of halogens is 1. The maximum atomic E-state index is 16.1. The molecule has 3 aromatic rings. The molecule has 3 aliphatic rings. The summed E-state index contributed by atoms with van der Waals surface area (Å²) in [4.78, 5) is 41.5. The number of nitro groups is 1. The summed E-state index contributed by atoms with van der Waals surface area (Å²) in [5.74, 6) is -0.891. The van der Waals surface area contributed by atoms with Gasteiger partial charge in [-0.15, -0.1) is 5.10 Å². The number of nitro benzene ring substituents is 1. The lowest BCUT2D eigenvalue weighted by atomic mass is 9.82. The van der Waals surface area contributed by atoms with E-state index in [-0.39, 0.29) is 30.7 Å². The highest BCUT2D eigenvalue weighted by Crippen LogP contribution is 2.60. The van der Waals surface area contributed by atoms with E-state index < -0.39 is 36.5 Å². The third-order valence-electron chi connectivity index (χ3n) is 9.41. The van der Waals surface area contributed by atoms with Crippen molar-refractivity contribution in [1.29, 1.82) is 0 Å². The lowest BCUT2D eigenvalue weighted by molar-refractivity contribution is -0.385. The zero-order valence-corrected chi connectivity index (χ0v) is 26.6. The number of aliphatic hydroxyl groups excluding tert-OH is 1. The summed E-state index contributed by atoms with van der Waals surface area (Å²) >= 11 is 0. The molecule has 14 heteroatoms. The van der Waals surface area contributed by atoms with Gasteiger partial charge < -0.3 is 23.8 Å². The minimum atomic E-state index is -3.44. The Labute approximate surface area is 261 Å². The number of aryl methyl sites for hydroxylation is 1. The Morgan fingerprint density at radius 3 is 2.60 bits per heavy atom. The van der Waals surface area contributed by atoms with Crippen LogP contribution in [-0.2, 0) is 39.4 Å². The van der Waals surface area contributed by atoms with E-state index in [4.69, 9.17) is 4.74 Å². The van der Waals surface area contributed by atoms with Gasteiger partial charge in [-0.25, -0.2) is 0 Å². The summed E-state index contributed by atoms with van der Waals surface area (Å²) in [6.07, 6.45) is 3.14. The minimum Gasteiger partial charge on any atom is -0.396 e. The molecule has 2 saturated heterocycles. The number of aromatic nitrogens is 3. The molecule has 4 atom stereocenters. The largest absolute Gasteiger partial charge is 0.396 e. The van der Waals surface area contributed by atoms with E-state index in [1.165, 1.54) is 12.1 Å². The maximum Gasteiger partial charge on any atom is 0.269 e. The van der Waals surface area contributed by atoms with Gasteiger partial charge in [0.2, 0.25) is 14.3 Å². The number of nitrogens with zero attached hydrogens (tertiary/aromatic N) is 6. The molecule has 0 radical (unpaired) electrons. The molecule has 0 unspecified atom stereocenters. The zero-order chi connectivity index (χ0) is 32.1. The molecule has 0 bridgehead atoms. The van der Waals surface area contributed by atoms with Crippen molar-refractivity contribution < 1.29 is 28.5 Å². The fraction of sp³-hybridized carbons (Fsp3) is 0.484. The highest BCUT2D eigenvalue weighted by molar-refractivity contribution is 6.72. The summed E-state index contributed by atoms with van der Waals surface area (Å²) in [6.45, 7) is 6.18. The molecule has 2 aromatic carbocycles.